The highest BCUT2D eigenvalue weighted by Crippen LogP contribution is 2.16. The van der Waals surface area contributed by atoms with Crippen LogP contribution in [0.3, 0.4) is 0 Å². The second-order valence-electron chi connectivity index (χ2n) is 3.86. The van der Waals surface area contributed by atoms with Crippen LogP contribution in [-0.2, 0) is 11.3 Å². The molecule has 20 heavy (non-hydrogen) atoms. The summed E-state index contributed by atoms with van der Waals surface area (Å²) in [7, 11) is 0. The first-order chi connectivity index (χ1) is 9.63. The van der Waals surface area contributed by atoms with E-state index in [-0.39, 0.29) is 13.2 Å². The molecule has 1 heterocycles. The van der Waals surface area contributed by atoms with Crippen molar-refractivity contribution in [3.8, 4) is 5.75 Å². The average molecular weight is 298 g/mol. The van der Waals surface area contributed by atoms with E-state index in [0.717, 1.165) is 0 Å². The van der Waals surface area contributed by atoms with Gasteiger partial charge in [-0.1, -0.05) is 11.6 Å². The van der Waals surface area contributed by atoms with Crippen molar-refractivity contribution in [3.05, 3.63) is 35.6 Å². The number of benzene rings is 1. The van der Waals surface area contributed by atoms with Gasteiger partial charge in [0, 0.05) is 5.02 Å². The molecule has 0 saturated carbocycles. The van der Waals surface area contributed by atoms with Gasteiger partial charge in [-0.15, -0.1) is 5.10 Å². The summed E-state index contributed by atoms with van der Waals surface area (Å²) in [4.78, 5) is 10.9. The van der Waals surface area contributed by atoms with Gasteiger partial charge in [-0.05, 0) is 34.7 Å². The van der Waals surface area contributed by atoms with Crippen molar-refractivity contribution in [2.45, 2.75) is 12.6 Å². The minimum atomic E-state index is -0.886. The molecule has 0 saturated heterocycles. The Bertz CT molecular complexity index is 546. The molecule has 1 amide bonds. The zero-order chi connectivity index (χ0) is 14.4. The highest BCUT2D eigenvalue weighted by Gasteiger charge is 2.15. The SMILES string of the molecule is NC(=O)OC(COc1ccc(Cl)cc1)Cn1cnnn1. The largest absolute Gasteiger partial charge is 0.490 e. The molecule has 1 aromatic heterocycles. The summed E-state index contributed by atoms with van der Waals surface area (Å²) in [5.41, 5.74) is 5.02. The van der Waals surface area contributed by atoms with Crippen molar-refractivity contribution in [1.82, 2.24) is 20.2 Å². The average Bonchev–Trinajstić information content (AvgIpc) is 2.90. The van der Waals surface area contributed by atoms with Crippen LogP contribution in [0.15, 0.2) is 30.6 Å². The fraction of sp³-hybridized carbons (Fsp3) is 0.273. The van der Waals surface area contributed by atoms with Crippen LogP contribution in [0.4, 0.5) is 4.79 Å². The van der Waals surface area contributed by atoms with Gasteiger partial charge >= 0.3 is 6.09 Å². The van der Waals surface area contributed by atoms with E-state index in [1.807, 2.05) is 0 Å². The number of nitrogens with two attached hydrogens (primary N) is 1. The second-order valence-corrected chi connectivity index (χ2v) is 4.29. The molecular formula is C11H12ClN5O3. The highest BCUT2D eigenvalue weighted by atomic mass is 35.5. The van der Waals surface area contributed by atoms with Gasteiger partial charge in [0.1, 0.15) is 18.7 Å². The van der Waals surface area contributed by atoms with Gasteiger partial charge < -0.3 is 15.2 Å². The molecule has 0 aliphatic carbocycles. The third-order valence-electron chi connectivity index (χ3n) is 2.31. The van der Waals surface area contributed by atoms with E-state index in [1.54, 1.807) is 24.3 Å². The molecule has 2 N–H and O–H groups in total. The number of carbonyl (C=O) groups is 1. The number of nitrogens with zero attached hydrogens (tertiary/aromatic N) is 4. The Kier molecular flexibility index (Phi) is 4.72. The van der Waals surface area contributed by atoms with E-state index in [4.69, 9.17) is 26.8 Å². The molecule has 0 bridgehead atoms. The fourth-order valence-electron chi connectivity index (χ4n) is 1.48. The van der Waals surface area contributed by atoms with E-state index in [1.165, 1.54) is 11.0 Å². The van der Waals surface area contributed by atoms with Gasteiger partial charge in [0.25, 0.3) is 0 Å². The monoisotopic (exact) mass is 297 g/mol. The summed E-state index contributed by atoms with van der Waals surface area (Å²) in [6.07, 6.45) is -0.0888. The molecule has 1 atom stereocenters. The molecule has 0 spiro atoms. The Morgan fingerprint density at radius 3 is 2.75 bits per heavy atom. The van der Waals surface area contributed by atoms with Crippen LogP contribution in [0, 0.1) is 0 Å². The molecule has 2 aromatic rings. The van der Waals surface area contributed by atoms with Crippen LogP contribution in [0.5, 0.6) is 5.75 Å². The second kappa shape index (κ2) is 6.71. The minimum Gasteiger partial charge on any atom is -0.490 e. The molecule has 0 fully saturated rings. The summed E-state index contributed by atoms with van der Waals surface area (Å²) in [5.74, 6) is 0.601. The van der Waals surface area contributed by atoms with Crippen molar-refractivity contribution >= 4 is 17.7 Å². The van der Waals surface area contributed by atoms with Gasteiger partial charge in [-0.3, -0.25) is 0 Å². The summed E-state index contributed by atoms with van der Waals surface area (Å²) < 4.78 is 11.9. The predicted octanol–water partition coefficient (Wildman–Crippen LogP) is 0.869. The van der Waals surface area contributed by atoms with Crippen LogP contribution in [0.1, 0.15) is 0 Å². The lowest BCUT2D eigenvalue weighted by Gasteiger charge is -2.16. The first-order valence-electron chi connectivity index (χ1n) is 5.68. The Labute approximate surface area is 119 Å². The molecule has 106 valence electrons. The van der Waals surface area contributed by atoms with Gasteiger partial charge in [0.05, 0.1) is 6.54 Å². The van der Waals surface area contributed by atoms with Gasteiger partial charge in [-0.25, -0.2) is 9.48 Å². The van der Waals surface area contributed by atoms with Crippen molar-refractivity contribution in [1.29, 1.82) is 0 Å². The van der Waals surface area contributed by atoms with Crippen molar-refractivity contribution < 1.29 is 14.3 Å². The van der Waals surface area contributed by atoms with Gasteiger partial charge in [0.2, 0.25) is 0 Å². The van der Waals surface area contributed by atoms with Crippen LogP contribution >= 0.6 is 11.6 Å². The summed E-state index contributed by atoms with van der Waals surface area (Å²) in [6.45, 7) is 0.355. The van der Waals surface area contributed by atoms with E-state index in [9.17, 15) is 4.79 Å². The van der Waals surface area contributed by atoms with E-state index in [2.05, 4.69) is 15.5 Å². The van der Waals surface area contributed by atoms with Gasteiger partial charge in [-0.2, -0.15) is 0 Å². The lowest BCUT2D eigenvalue weighted by atomic mass is 10.3. The number of hydrogen-bond donors (Lipinski definition) is 1. The van der Waals surface area contributed by atoms with E-state index >= 15 is 0 Å². The number of tetrazole rings is 1. The van der Waals surface area contributed by atoms with E-state index in [0.29, 0.717) is 10.8 Å². The maximum Gasteiger partial charge on any atom is 0.404 e. The lowest BCUT2D eigenvalue weighted by molar-refractivity contribution is 0.0586. The topological polar surface area (TPSA) is 105 Å². The van der Waals surface area contributed by atoms with Crippen LogP contribution in [0.2, 0.25) is 5.02 Å². The molecule has 2 rings (SSSR count). The minimum absolute atomic E-state index is 0.116. The maximum absolute atomic E-state index is 10.9. The Morgan fingerprint density at radius 2 is 2.15 bits per heavy atom. The molecule has 0 aliphatic rings. The van der Waals surface area contributed by atoms with Crippen LogP contribution in [0.25, 0.3) is 0 Å². The maximum atomic E-state index is 10.9. The number of aromatic nitrogens is 4. The number of halogens is 1. The molecule has 8 nitrogen and oxygen atoms in total. The molecule has 1 unspecified atom stereocenters. The number of ether oxygens (including phenoxy) is 2. The van der Waals surface area contributed by atoms with E-state index < -0.39 is 12.2 Å². The molecular weight excluding hydrogens is 286 g/mol. The number of primary amides is 1. The first kappa shape index (κ1) is 14.1. The summed E-state index contributed by atoms with van der Waals surface area (Å²) in [6, 6.07) is 6.81. The Morgan fingerprint density at radius 1 is 1.40 bits per heavy atom. The smallest absolute Gasteiger partial charge is 0.404 e. The number of hydrogen-bond acceptors (Lipinski definition) is 6. The van der Waals surface area contributed by atoms with Crippen molar-refractivity contribution in [3.63, 3.8) is 0 Å². The standard InChI is InChI=1S/C11H12ClN5O3/c12-8-1-3-9(4-2-8)19-6-10(20-11(13)18)5-17-7-14-15-16-17/h1-4,7,10H,5-6H2,(H2,13,18). The predicted molar refractivity (Wildman–Crippen MR) is 69.2 cm³/mol. The quantitative estimate of drug-likeness (QED) is 0.848. The summed E-state index contributed by atoms with van der Waals surface area (Å²) in [5, 5.41) is 11.3. The number of amides is 1. The Hall–Kier alpha value is -2.35. The van der Waals surface area contributed by atoms with Crippen molar-refractivity contribution in [2.75, 3.05) is 6.61 Å². The fourth-order valence-corrected chi connectivity index (χ4v) is 1.61. The molecule has 0 aliphatic heterocycles. The number of carbonyl (C=O) groups excluding carboxylic acids is 1. The van der Waals surface area contributed by atoms with Gasteiger partial charge in [0.15, 0.2) is 6.10 Å². The number of rotatable bonds is 6. The zero-order valence-electron chi connectivity index (χ0n) is 10.3. The molecule has 1 aromatic carbocycles. The van der Waals surface area contributed by atoms with Crippen LogP contribution in [-0.4, -0.2) is 39.0 Å². The summed E-state index contributed by atoms with van der Waals surface area (Å²) >= 11 is 5.77. The third-order valence-corrected chi connectivity index (χ3v) is 2.57. The van der Waals surface area contributed by atoms with Crippen molar-refractivity contribution in [2.24, 2.45) is 5.73 Å². The molecule has 0 radical (unpaired) electrons. The lowest BCUT2D eigenvalue weighted by Crippen LogP contribution is -2.32. The normalized spacial score (nSPS) is 11.8. The first-order valence-corrected chi connectivity index (χ1v) is 6.06. The Balaban J connectivity index is 1.93. The zero-order valence-corrected chi connectivity index (χ0v) is 11.1. The third kappa shape index (κ3) is 4.39. The van der Waals surface area contributed by atoms with Crippen LogP contribution < -0.4 is 10.5 Å². The highest BCUT2D eigenvalue weighted by molar-refractivity contribution is 6.30. The molecule has 9 heteroatoms.